The molecule has 20 heavy (non-hydrogen) atoms. The third kappa shape index (κ3) is 3.13. The van der Waals surface area contributed by atoms with Crippen molar-refractivity contribution in [3.05, 3.63) is 10.4 Å². The maximum atomic E-state index is 12.5. The van der Waals surface area contributed by atoms with Crippen molar-refractivity contribution in [2.24, 2.45) is 0 Å². The molecule has 2 rings (SSSR count). The molecule has 0 N–H and O–H groups in total. The van der Waals surface area contributed by atoms with E-state index in [-0.39, 0.29) is 11.7 Å². The molecule has 2 aromatic heterocycles. The van der Waals surface area contributed by atoms with Crippen molar-refractivity contribution >= 4 is 33.4 Å². The third-order valence-corrected chi connectivity index (χ3v) is 4.43. The molecular formula is C12H17N3O3S2. The van der Waals surface area contributed by atoms with Gasteiger partial charge in [-0.05, 0) is 20.1 Å². The Labute approximate surface area is 125 Å². The van der Waals surface area contributed by atoms with E-state index in [4.69, 9.17) is 9.47 Å². The Kier molecular flexibility index (Phi) is 5.00. The molecule has 8 heteroatoms. The van der Waals surface area contributed by atoms with Gasteiger partial charge in [0.25, 0.3) is 5.56 Å². The van der Waals surface area contributed by atoms with Crippen molar-refractivity contribution in [2.75, 3.05) is 20.0 Å². The standard InChI is InChI=1S/C12H17N3O3S2/c1-7(2)18-11-14-9-8(13-12(19-4)20-9)10(16)15(11)5-6-17-3/h7H,5-6H2,1-4H3. The zero-order valence-electron chi connectivity index (χ0n) is 11.9. The molecule has 0 aliphatic rings. The highest BCUT2D eigenvalue weighted by Gasteiger charge is 2.17. The third-order valence-electron chi connectivity index (χ3n) is 2.50. The first-order valence-corrected chi connectivity index (χ1v) is 8.22. The Morgan fingerprint density at radius 2 is 2.15 bits per heavy atom. The number of aromatic nitrogens is 3. The van der Waals surface area contributed by atoms with Crippen molar-refractivity contribution in [3.63, 3.8) is 0 Å². The monoisotopic (exact) mass is 315 g/mol. The summed E-state index contributed by atoms with van der Waals surface area (Å²) in [4.78, 5) is 21.8. The van der Waals surface area contributed by atoms with Crippen LogP contribution in [0.5, 0.6) is 6.01 Å². The van der Waals surface area contributed by atoms with Gasteiger partial charge in [0.15, 0.2) is 14.7 Å². The molecule has 0 aliphatic heterocycles. The molecule has 0 fully saturated rings. The minimum atomic E-state index is -0.181. The molecule has 0 atom stereocenters. The summed E-state index contributed by atoms with van der Waals surface area (Å²) in [6, 6.07) is 0.325. The molecule has 0 saturated carbocycles. The average Bonchev–Trinajstić information content (AvgIpc) is 2.81. The fourth-order valence-electron chi connectivity index (χ4n) is 1.64. The van der Waals surface area contributed by atoms with E-state index in [1.54, 1.807) is 7.11 Å². The molecule has 0 bridgehead atoms. The summed E-state index contributed by atoms with van der Waals surface area (Å²) >= 11 is 2.90. The summed E-state index contributed by atoms with van der Waals surface area (Å²) in [5, 5.41) is 0. The van der Waals surface area contributed by atoms with Crippen LogP contribution in [0.4, 0.5) is 0 Å². The summed E-state index contributed by atoms with van der Waals surface area (Å²) in [5.41, 5.74) is 0.214. The van der Waals surface area contributed by atoms with E-state index in [0.717, 1.165) is 4.34 Å². The number of thioether (sulfide) groups is 1. The Morgan fingerprint density at radius 3 is 2.75 bits per heavy atom. The van der Waals surface area contributed by atoms with Crippen molar-refractivity contribution in [1.82, 2.24) is 14.5 Å². The number of thiazole rings is 1. The highest BCUT2D eigenvalue weighted by Crippen LogP contribution is 2.26. The van der Waals surface area contributed by atoms with Gasteiger partial charge in [0, 0.05) is 7.11 Å². The summed E-state index contributed by atoms with van der Waals surface area (Å²) in [7, 11) is 1.59. The number of hydrogen-bond acceptors (Lipinski definition) is 7. The van der Waals surface area contributed by atoms with Gasteiger partial charge in [0.1, 0.15) is 0 Å². The Bertz CT molecular complexity index is 651. The number of nitrogens with zero attached hydrogens (tertiary/aromatic N) is 3. The molecule has 0 radical (unpaired) electrons. The van der Waals surface area contributed by atoms with Crippen molar-refractivity contribution in [2.45, 2.75) is 30.8 Å². The lowest BCUT2D eigenvalue weighted by Gasteiger charge is -2.14. The van der Waals surface area contributed by atoms with Crippen LogP contribution < -0.4 is 10.3 Å². The Morgan fingerprint density at radius 1 is 1.40 bits per heavy atom. The maximum absolute atomic E-state index is 12.5. The van der Waals surface area contributed by atoms with Crippen LogP contribution in [0.2, 0.25) is 0 Å². The summed E-state index contributed by atoms with van der Waals surface area (Å²) in [5.74, 6) is 0. The number of hydrogen-bond donors (Lipinski definition) is 0. The lowest BCUT2D eigenvalue weighted by molar-refractivity contribution is 0.167. The lowest BCUT2D eigenvalue weighted by atomic mass is 10.5. The second-order valence-electron chi connectivity index (χ2n) is 4.35. The smallest absolute Gasteiger partial charge is 0.300 e. The maximum Gasteiger partial charge on any atom is 0.300 e. The summed E-state index contributed by atoms with van der Waals surface area (Å²) in [6.45, 7) is 4.61. The minimum Gasteiger partial charge on any atom is -0.462 e. The van der Waals surface area contributed by atoms with E-state index in [2.05, 4.69) is 9.97 Å². The molecule has 0 aliphatic carbocycles. The van der Waals surface area contributed by atoms with Crippen molar-refractivity contribution < 1.29 is 9.47 Å². The van der Waals surface area contributed by atoms with E-state index in [1.807, 2.05) is 20.1 Å². The largest absolute Gasteiger partial charge is 0.462 e. The highest BCUT2D eigenvalue weighted by atomic mass is 32.2. The van der Waals surface area contributed by atoms with E-state index in [1.165, 1.54) is 27.7 Å². The van der Waals surface area contributed by atoms with Crippen LogP contribution in [0.3, 0.4) is 0 Å². The first kappa shape index (κ1) is 15.3. The molecule has 0 unspecified atom stereocenters. The van der Waals surface area contributed by atoms with Crippen LogP contribution in [0.25, 0.3) is 10.3 Å². The minimum absolute atomic E-state index is 0.0545. The number of fused-ring (bicyclic) bond motifs is 1. The lowest BCUT2D eigenvalue weighted by Crippen LogP contribution is -2.26. The molecule has 110 valence electrons. The number of ether oxygens (including phenoxy) is 2. The Balaban J connectivity index is 2.57. The fourth-order valence-corrected chi connectivity index (χ4v) is 3.05. The van der Waals surface area contributed by atoms with E-state index in [9.17, 15) is 4.79 Å². The molecule has 2 heterocycles. The Hall–Kier alpha value is -1.12. The quantitative estimate of drug-likeness (QED) is 0.760. The highest BCUT2D eigenvalue weighted by molar-refractivity contribution is 8.00. The van der Waals surface area contributed by atoms with Gasteiger partial charge in [-0.15, -0.1) is 0 Å². The summed E-state index contributed by atoms with van der Waals surface area (Å²) in [6.07, 6.45) is 1.87. The van der Waals surface area contributed by atoms with Gasteiger partial charge >= 0.3 is 6.01 Å². The molecule has 6 nitrogen and oxygen atoms in total. The topological polar surface area (TPSA) is 66.2 Å². The van der Waals surface area contributed by atoms with Crippen LogP contribution in [0.1, 0.15) is 13.8 Å². The summed E-state index contributed by atoms with van der Waals surface area (Å²) < 4.78 is 13.0. The number of methoxy groups -OCH3 is 1. The van der Waals surface area contributed by atoms with Gasteiger partial charge in [0.2, 0.25) is 0 Å². The van der Waals surface area contributed by atoms with Gasteiger partial charge in [-0.1, -0.05) is 23.1 Å². The molecule has 0 spiro atoms. The molecule has 0 amide bonds. The fraction of sp³-hybridized carbons (Fsp3) is 0.583. The van der Waals surface area contributed by atoms with Crippen LogP contribution in [0, 0.1) is 0 Å². The molecular weight excluding hydrogens is 298 g/mol. The van der Waals surface area contributed by atoms with E-state index in [0.29, 0.717) is 29.5 Å². The van der Waals surface area contributed by atoms with E-state index < -0.39 is 0 Å². The number of rotatable bonds is 6. The second kappa shape index (κ2) is 6.55. The normalized spacial score (nSPS) is 11.4. The van der Waals surface area contributed by atoms with Crippen molar-refractivity contribution in [3.8, 4) is 6.01 Å². The SMILES string of the molecule is COCCn1c(OC(C)C)nc2sc(SC)nc2c1=O. The van der Waals surface area contributed by atoms with Gasteiger partial charge in [-0.3, -0.25) is 9.36 Å². The molecule has 2 aromatic rings. The predicted octanol–water partition coefficient (Wildman–Crippen LogP) is 2.01. The zero-order valence-corrected chi connectivity index (χ0v) is 13.5. The second-order valence-corrected chi connectivity index (χ2v) is 6.38. The van der Waals surface area contributed by atoms with Crippen LogP contribution in [0.15, 0.2) is 9.13 Å². The van der Waals surface area contributed by atoms with Gasteiger partial charge in [-0.25, -0.2) is 4.98 Å². The zero-order chi connectivity index (χ0) is 14.7. The average molecular weight is 315 g/mol. The van der Waals surface area contributed by atoms with Crippen LogP contribution in [-0.2, 0) is 11.3 Å². The first-order valence-electron chi connectivity index (χ1n) is 6.17. The van der Waals surface area contributed by atoms with Crippen LogP contribution in [-0.4, -0.2) is 40.6 Å². The van der Waals surface area contributed by atoms with Gasteiger partial charge in [-0.2, -0.15) is 4.98 Å². The van der Waals surface area contributed by atoms with Gasteiger partial charge < -0.3 is 9.47 Å². The van der Waals surface area contributed by atoms with Crippen LogP contribution >= 0.6 is 23.1 Å². The molecule has 0 aromatic carbocycles. The van der Waals surface area contributed by atoms with Crippen molar-refractivity contribution in [1.29, 1.82) is 0 Å². The predicted molar refractivity (Wildman–Crippen MR) is 81.1 cm³/mol. The van der Waals surface area contributed by atoms with Gasteiger partial charge in [0.05, 0.1) is 19.3 Å². The molecule has 0 saturated heterocycles. The van der Waals surface area contributed by atoms with E-state index >= 15 is 0 Å². The first-order chi connectivity index (χ1) is 9.56.